The molecule has 0 atom stereocenters. The van der Waals surface area contributed by atoms with E-state index in [9.17, 15) is 9.18 Å². The van der Waals surface area contributed by atoms with E-state index in [1.807, 2.05) is 38.1 Å². The van der Waals surface area contributed by atoms with Crippen LogP contribution in [-0.2, 0) is 35.3 Å². The van der Waals surface area contributed by atoms with Gasteiger partial charge in [0.25, 0.3) is 0 Å². The Balaban J connectivity index is 0.00000261. The van der Waals surface area contributed by atoms with Crippen molar-refractivity contribution < 1.29 is 27.7 Å². The molecule has 0 spiro atoms. The number of rotatable bonds is 4. The standard InChI is InChI=1S/C21H22FN3O.V/c1-21(2)17-6-4-5-7-19(17)25(20(21)26)13-15-9-8-14(10-18(15)22)16(11-23)12-24-3;/h4-12H,13,23H2,1-3H3;/b16-11+,24-12?;. The Hall–Kier alpha value is -2.37. The Bertz CT molecular complexity index is 921. The summed E-state index contributed by atoms with van der Waals surface area (Å²) >= 11 is 0. The van der Waals surface area contributed by atoms with E-state index >= 15 is 0 Å². The van der Waals surface area contributed by atoms with Crippen molar-refractivity contribution >= 4 is 23.4 Å². The minimum Gasteiger partial charge on any atom is -0.404 e. The number of halogens is 1. The molecule has 4 nitrogen and oxygen atoms in total. The summed E-state index contributed by atoms with van der Waals surface area (Å²) in [6.07, 6.45) is 2.97. The average Bonchev–Trinajstić information content (AvgIpc) is 2.82. The van der Waals surface area contributed by atoms with Gasteiger partial charge in [-0.05, 0) is 37.1 Å². The zero-order chi connectivity index (χ0) is 18.9. The van der Waals surface area contributed by atoms with Crippen molar-refractivity contribution in [3.63, 3.8) is 0 Å². The van der Waals surface area contributed by atoms with Crippen LogP contribution in [0.4, 0.5) is 10.1 Å². The third-order valence-electron chi connectivity index (χ3n) is 4.81. The smallest absolute Gasteiger partial charge is 0.237 e. The molecule has 27 heavy (non-hydrogen) atoms. The normalized spacial score (nSPS) is 15.8. The van der Waals surface area contributed by atoms with Crippen molar-refractivity contribution in [2.24, 2.45) is 10.7 Å². The molecule has 1 aliphatic heterocycles. The van der Waals surface area contributed by atoms with Crippen LogP contribution in [0.25, 0.3) is 5.57 Å². The number of carbonyl (C=O) groups is 1. The number of allylic oxidation sites excluding steroid dienone is 1. The number of nitrogens with two attached hydrogens (primary N) is 1. The van der Waals surface area contributed by atoms with Crippen molar-refractivity contribution in [1.29, 1.82) is 0 Å². The summed E-state index contributed by atoms with van der Waals surface area (Å²) in [7, 11) is 1.63. The third-order valence-corrected chi connectivity index (χ3v) is 4.81. The number of amides is 1. The zero-order valence-electron chi connectivity index (χ0n) is 15.6. The molecule has 1 heterocycles. The van der Waals surface area contributed by atoms with Crippen LogP contribution < -0.4 is 10.6 Å². The first-order valence-corrected chi connectivity index (χ1v) is 8.44. The Kier molecular flexibility index (Phi) is 6.29. The van der Waals surface area contributed by atoms with E-state index in [0.29, 0.717) is 16.7 Å². The van der Waals surface area contributed by atoms with Crippen LogP contribution in [0, 0.1) is 5.82 Å². The number of hydrogen-bond acceptors (Lipinski definition) is 3. The molecule has 139 valence electrons. The van der Waals surface area contributed by atoms with Crippen molar-refractivity contribution in [1.82, 2.24) is 0 Å². The van der Waals surface area contributed by atoms with Crippen LogP contribution in [0.1, 0.15) is 30.5 Å². The van der Waals surface area contributed by atoms with Gasteiger partial charge in [-0.3, -0.25) is 9.79 Å². The molecule has 1 aliphatic rings. The molecule has 0 saturated carbocycles. The number of fused-ring (bicyclic) bond motifs is 1. The first kappa shape index (κ1) is 20.9. The van der Waals surface area contributed by atoms with Crippen LogP contribution in [0.3, 0.4) is 0 Å². The summed E-state index contributed by atoms with van der Waals surface area (Å²) in [5.41, 5.74) is 8.52. The second-order valence-electron chi connectivity index (χ2n) is 6.85. The van der Waals surface area contributed by atoms with Crippen LogP contribution in [-0.4, -0.2) is 19.2 Å². The molecule has 2 aromatic rings. The quantitative estimate of drug-likeness (QED) is 0.794. The van der Waals surface area contributed by atoms with Crippen molar-refractivity contribution in [2.45, 2.75) is 25.8 Å². The number of para-hydroxylation sites is 1. The van der Waals surface area contributed by atoms with Gasteiger partial charge in [0.15, 0.2) is 0 Å². The summed E-state index contributed by atoms with van der Waals surface area (Å²) in [6.45, 7) is 3.99. The zero-order valence-corrected chi connectivity index (χ0v) is 17.0. The Morgan fingerprint density at radius 2 is 1.96 bits per heavy atom. The van der Waals surface area contributed by atoms with E-state index in [0.717, 1.165) is 11.3 Å². The molecular weight excluding hydrogens is 380 g/mol. The van der Waals surface area contributed by atoms with E-state index in [1.165, 1.54) is 12.3 Å². The summed E-state index contributed by atoms with van der Waals surface area (Å²) in [6, 6.07) is 12.6. The minimum atomic E-state index is -0.611. The van der Waals surface area contributed by atoms with Gasteiger partial charge in [0, 0.05) is 54.8 Å². The number of aliphatic imine (C=N–C) groups is 1. The molecule has 1 radical (unpaired) electrons. The molecule has 0 fully saturated rings. The fourth-order valence-corrected chi connectivity index (χ4v) is 3.33. The number of hydrogen-bond donors (Lipinski definition) is 1. The molecule has 6 heteroatoms. The fraction of sp³-hybridized carbons (Fsp3) is 0.238. The first-order chi connectivity index (χ1) is 12.4. The Morgan fingerprint density at radius 1 is 1.26 bits per heavy atom. The average molecular weight is 402 g/mol. The van der Waals surface area contributed by atoms with E-state index < -0.39 is 5.41 Å². The Labute approximate surface area is 170 Å². The number of anilines is 1. The van der Waals surface area contributed by atoms with Gasteiger partial charge >= 0.3 is 0 Å². The summed E-state index contributed by atoms with van der Waals surface area (Å²) in [5, 5.41) is 0. The van der Waals surface area contributed by atoms with Gasteiger partial charge in [-0.1, -0.05) is 30.3 Å². The molecule has 2 N–H and O–H groups in total. The van der Waals surface area contributed by atoms with Gasteiger partial charge in [0.2, 0.25) is 5.91 Å². The third kappa shape index (κ3) is 3.71. The van der Waals surface area contributed by atoms with E-state index in [-0.39, 0.29) is 36.8 Å². The van der Waals surface area contributed by atoms with Crippen LogP contribution in [0.5, 0.6) is 0 Å². The molecule has 0 saturated heterocycles. The molecule has 0 bridgehead atoms. The summed E-state index contributed by atoms with van der Waals surface area (Å²) in [5.74, 6) is -0.399. The Morgan fingerprint density at radius 3 is 2.59 bits per heavy atom. The number of nitrogens with zero attached hydrogens (tertiary/aromatic N) is 2. The van der Waals surface area contributed by atoms with Gasteiger partial charge in [-0.15, -0.1) is 0 Å². The second-order valence-corrected chi connectivity index (χ2v) is 6.85. The maximum atomic E-state index is 14.7. The van der Waals surface area contributed by atoms with Crippen molar-refractivity contribution in [2.75, 3.05) is 11.9 Å². The van der Waals surface area contributed by atoms with Gasteiger partial charge in [-0.2, -0.15) is 0 Å². The first-order valence-electron chi connectivity index (χ1n) is 8.44. The monoisotopic (exact) mass is 402 g/mol. The minimum absolute atomic E-state index is 0. The molecule has 0 unspecified atom stereocenters. The molecule has 1 amide bonds. The molecule has 0 aliphatic carbocycles. The topological polar surface area (TPSA) is 58.7 Å². The summed E-state index contributed by atoms with van der Waals surface area (Å²) < 4.78 is 14.7. The van der Waals surface area contributed by atoms with Crippen LogP contribution in [0.2, 0.25) is 0 Å². The predicted octanol–water partition coefficient (Wildman–Crippen LogP) is 3.65. The predicted molar refractivity (Wildman–Crippen MR) is 104 cm³/mol. The van der Waals surface area contributed by atoms with Gasteiger partial charge in [0.1, 0.15) is 5.82 Å². The number of benzene rings is 2. The van der Waals surface area contributed by atoms with Crippen LogP contribution >= 0.6 is 0 Å². The second kappa shape index (κ2) is 8.11. The molecule has 0 aromatic heterocycles. The molecule has 2 aromatic carbocycles. The van der Waals surface area contributed by atoms with Crippen molar-refractivity contribution in [3.05, 3.63) is 71.2 Å². The molecular formula is C21H22FN3OV. The maximum absolute atomic E-state index is 14.7. The van der Waals surface area contributed by atoms with Gasteiger partial charge < -0.3 is 10.6 Å². The van der Waals surface area contributed by atoms with E-state index in [2.05, 4.69) is 4.99 Å². The molecule has 3 rings (SSSR count). The van der Waals surface area contributed by atoms with Gasteiger partial charge in [0.05, 0.1) is 12.0 Å². The van der Waals surface area contributed by atoms with E-state index in [1.54, 1.807) is 30.3 Å². The SMILES string of the molecule is CN=C/C(=C\N)c1ccc(CN2C(=O)C(C)(C)c3ccccc32)c(F)c1.[V]. The number of carbonyl (C=O) groups excluding carboxylic acids is 1. The largest absolute Gasteiger partial charge is 0.404 e. The van der Waals surface area contributed by atoms with Crippen molar-refractivity contribution in [3.8, 4) is 0 Å². The maximum Gasteiger partial charge on any atom is 0.237 e. The van der Waals surface area contributed by atoms with E-state index in [4.69, 9.17) is 5.73 Å². The fourth-order valence-electron chi connectivity index (χ4n) is 3.33. The van der Waals surface area contributed by atoms with Gasteiger partial charge in [-0.25, -0.2) is 4.39 Å². The summed E-state index contributed by atoms with van der Waals surface area (Å²) in [4.78, 5) is 18.4. The van der Waals surface area contributed by atoms with Crippen LogP contribution in [0.15, 0.2) is 53.7 Å².